The van der Waals surface area contributed by atoms with Crippen LogP contribution >= 0.6 is 0 Å². The number of nitrogens with zero attached hydrogens (tertiary/aromatic N) is 4. The predicted molar refractivity (Wildman–Crippen MR) is 82.5 cm³/mol. The summed E-state index contributed by atoms with van der Waals surface area (Å²) in [6.45, 7) is 0.103. The third kappa shape index (κ3) is 4.04. The molecular formula is C13H17N5O3S. The van der Waals surface area contributed by atoms with Crippen LogP contribution in [0.3, 0.4) is 0 Å². The van der Waals surface area contributed by atoms with Crippen molar-refractivity contribution in [2.45, 2.75) is 11.5 Å². The normalized spacial score (nSPS) is 11.2. The quantitative estimate of drug-likeness (QED) is 0.847. The summed E-state index contributed by atoms with van der Waals surface area (Å²) >= 11 is 0. The third-order valence-electron chi connectivity index (χ3n) is 2.71. The zero-order valence-electron chi connectivity index (χ0n) is 12.5. The van der Waals surface area contributed by atoms with E-state index in [1.54, 1.807) is 31.1 Å². The van der Waals surface area contributed by atoms with Gasteiger partial charge in [0.25, 0.3) is 0 Å². The Bertz CT molecular complexity index is 760. The van der Waals surface area contributed by atoms with Crippen LogP contribution in [0.1, 0.15) is 5.82 Å². The first-order valence-electron chi connectivity index (χ1n) is 6.36. The first-order chi connectivity index (χ1) is 10.3. The highest BCUT2D eigenvalue weighted by molar-refractivity contribution is 7.90. The van der Waals surface area contributed by atoms with Crippen molar-refractivity contribution in [2.24, 2.45) is 0 Å². The van der Waals surface area contributed by atoms with E-state index in [2.05, 4.69) is 15.0 Å². The lowest BCUT2D eigenvalue weighted by atomic mass is 10.3. The molecule has 2 aromatic rings. The maximum atomic E-state index is 11.4. The maximum absolute atomic E-state index is 11.4. The first-order valence-corrected chi connectivity index (χ1v) is 8.25. The molecule has 8 nitrogen and oxygen atoms in total. The van der Waals surface area contributed by atoms with Crippen LogP contribution in [0, 0.1) is 0 Å². The molecule has 0 fully saturated rings. The Labute approximate surface area is 128 Å². The van der Waals surface area contributed by atoms with Gasteiger partial charge < -0.3 is 15.4 Å². The molecule has 0 saturated carbocycles. The number of hydrogen-bond donors (Lipinski definition) is 1. The van der Waals surface area contributed by atoms with Gasteiger partial charge in [0.1, 0.15) is 12.4 Å². The van der Waals surface area contributed by atoms with E-state index in [-0.39, 0.29) is 17.5 Å². The summed E-state index contributed by atoms with van der Waals surface area (Å²) in [7, 11) is 0.372. The summed E-state index contributed by atoms with van der Waals surface area (Å²) in [5, 5.41) is 0. The van der Waals surface area contributed by atoms with Gasteiger partial charge in [-0.25, -0.2) is 8.42 Å². The lowest BCUT2D eigenvalue weighted by Gasteiger charge is -2.12. The smallest absolute Gasteiger partial charge is 0.230 e. The fourth-order valence-electron chi connectivity index (χ4n) is 1.62. The van der Waals surface area contributed by atoms with Gasteiger partial charge in [-0.15, -0.1) is 0 Å². The van der Waals surface area contributed by atoms with Crippen LogP contribution in [-0.4, -0.2) is 43.7 Å². The van der Waals surface area contributed by atoms with Gasteiger partial charge in [-0.1, -0.05) is 0 Å². The average molecular weight is 323 g/mol. The SMILES string of the molecule is CN(C)c1nc(N)nc(COc2ccc(S(C)(=O)=O)cc2)n1. The van der Waals surface area contributed by atoms with E-state index in [1.807, 2.05) is 0 Å². The molecule has 0 amide bonds. The summed E-state index contributed by atoms with van der Waals surface area (Å²) in [6, 6.07) is 6.12. The number of benzene rings is 1. The predicted octanol–water partition coefficient (Wildman–Crippen LogP) is 0.502. The highest BCUT2D eigenvalue weighted by Gasteiger charge is 2.09. The van der Waals surface area contributed by atoms with Crippen LogP contribution < -0.4 is 15.4 Å². The molecule has 0 saturated heterocycles. The van der Waals surface area contributed by atoms with Crippen LogP contribution in [0.15, 0.2) is 29.2 Å². The zero-order chi connectivity index (χ0) is 16.3. The van der Waals surface area contributed by atoms with Crippen LogP contribution in [-0.2, 0) is 16.4 Å². The number of hydrogen-bond acceptors (Lipinski definition) is 8. The molecule has 0 unspecified atom stereocenters. The minimum absolute atomic E-state index is 0.103. The van der Waals surface area contributed by atoms with Gasteiger partial charge in [0.2, 0.25) is 11.9 Å². The van der Waals surface area contributed by atoms with Crippen molar-refractivity contribution in [3.63, 3.8) is 0 Å². The number of rotatable bonds is 5. The molecule has 1 aromatic heterocycles. The number of sulfone groups is 1. The summed E-state index contributed by atoms with van der Waals surface area (Å²) < 4.78 is 28.3. The summed E-state index contributed by atoms with van der Waals surface area (Å²) in [6.07, 6.45) is 1.15. The van der Waals surface area contributed by atoms with Crippen molar-refractivity contribution in [1.29, 1.82) is 0 Å². The van der Waals surface area contributed by atoms with Gasteiger partial charge in [-0.2, -0.15) is 15.0 Å². The molecule has 22 heavy (non-hydrogen) atoms. The molecule has 118 valence electrons. The van der Waals surface area contributed by atoms with E-state index in [4.69, 9.17) is 10.5 Å². The molecular weight excluding hydrogens is 306 g/mol. The lowest BCUT2D eigenvalue weighted by Crippen LogP contribution is -2.16. The standard InChI is InChI=1S/C13H17N5O3S/c1-18(2)13-16-11(15-12(14)17-13)8-21-9-4-6-10(7-5-9)22(3,19)20/h4-7H,8H2,1-3H3,(H2,14,15,16,17). The van der Waals surface area contributed by atoms with Crippen molar-refractivity contribution < 1.29 is 13.2 Å². The maximum Gasteiger partial charge on any atom is 0.230 e. The monoisotopic (exact) mass is 323 g/mol. The molecule has 0 atom stereocenters. The van der Waals surface area contributed by atoms with Crippen molar-refractivity contribution >= 4 is 21.7 Å². The van der Waals surface area contributed by atoms with E-state index < -0.39 is 9.84 Å². The molecule has 0 radical (unpaired) electrons. The fraction of sp³-hybridized carbons (Fsp3) is 0.308. The second-order valence-electron chi connectivity index (χ2n) is 4.84. The largest absolute Gasteiger partial charge is 0.486 e. The second-order valence-corrected chi connectivity index (χ2v) is 6.85. The number of nitrogens with two attached hydrogens (primary N) is 1. The van der Waals surface area contributed by atoms with E-state index in [9.17, 15) is 8.42 Å². The molecule has 9 heteroatoms. The van der Waals surface area contributed by atoms with Gasteiger partial charge in [0.15, 0.2) is 15.7 Å². The van der Waals surface area contributed by atoms with Crippen LogP contribution in [0.5, 0.6) is 5.75 Å². The number of nitrogen functional groups attached to an aromatic ring is 1. The Morgan fingerprint density at radius 3 is 2.32 bits per heavy atom. The lowest BCUT2D eigenvalue weighted by molar-refractivity contribution is 0.295. The first kappa shape index (κ1) is 16.0. The average Bonchev–Trinajstić information content (AvgIpc) is 2.44. The van der Waals surface area contributed by atoms with Gasteiger partial charge in [0.05, 0.1) is 4.90 Å². The molecule has 1 aromatic carbocycles. The van der Waals surface area contributed by atoms with Crippen LogP contribution in [0.4, 0.5) is 11.9 Å². The minimum atomic E-state index is -3.22. The molecule has 1 heterocycles. The van der Waals surface area contributed by atoms with Gasteiger partial charge in [-0.3, -0.25) is 0 Å². The van der Waals surface area contributed by atoms with E-state index in [0.29, 0.717) is 17.5 Å². The topological polar surface area (TPSA) is 111 Å². The third-order valence-corrected chi connectivity index (χ3v) is 3.84. The highest BCUT2D eigenvalue weighted by atomic mass is 32.2. The number of anilines is 2. The summed E-state index contributed by atoms with van der Waals surface area (Å²) in [5.41, 5.74) is 5.62. The molecule has 0 spiro atoms. The van der Waals surface area contributed by atoms with Crippen molar-refractivity contribution in [2.75, 3.05) is 31.0 Å². The Hall–Kier alpha value is -2.42. The highest BCUT2D eigenvalue weighted by Crippen LogP contribution is 2.17. The molecule has 0 aliphatic rings. The van der Waals surface area contributed by atoms with Gasteiger partial charge in [0, 0.05) is 20.4 Å². The van der Waals surface area contributed by atoms with Crippen molar-refractivity contribution in [1.82, 2.24) is 15.0 Å². The molecule has 0 aliphatic heterocycles. The molecule has 0 aliphatic carbocycles. The van der Waals surface area contributed by atoms with Crippen LogP contribution in [0.2, 0.25) is 0 Å². The molecule has 2 rings (SSSR count). The zero-order valence-corrected chi connectivity index (χ0v) is 13.3. The Morgan fingerprint density at radius 2 is 1.77 bits per heavy atom. The Balaban J connectivity index is 2.10. The van der Waals surface area contributed by atoms with E-state index in [0.717, 1.165) is 6.26 Å². The van der Waals surface area contributed by atoms with E-state index in [1.165, 1.54) is 12.1 Å². The summed E-state index contributed by atoms with van der Waals surface area (Å²) in [5.74, 6) is 1.46. The number of ether oxygens (including phenoxy) is 1. The van der Waals surface area contributed by atoms with E-state index >= 15 is 0 Å². The Kier molecular flexibility index (Phi) is 4.45. The van der Waals surface area contributed by atoms with Crippen molar-refractivity contribution in [3.05, 3.63) is 30.1 Å². The van der Waals surface area contributed by atoms with Gasteiger partial charge >= 0.3 is 0 Å². The summed E-state index contributed by atoms with van der Waals surface area (Å²) in [4.78, 5) is 14.1. The Morgan fingerprint density at radius 1 is 1.14 bits per heavy atom. The van der Waals surface area contributed by atoms with Crippen LogP contribution in [0.25, 0.3) is 0 Å². The molecule has 0 bridgehead atoms. The van der Waals surface area contributed by atoms with Gasteiger partial charge in [-0.05, 0) is 24.3 Å². The number of aromatic nitrogens is 3. The minimum Gasteiger partial charge on any atom is -0.486 e. The fourth-order valence-corrected chi connectivity index (χ4v) is 2.25. The second kappa shape index (κ2) is 6.14. The van der Waals surface area contributed by atoms with Crippen molar-refractivity contribution in [3.8, 4) is 5.75 Å². The molecule has 2 N–H and O–H groups in total.